The van der Waals surface area contributed by atoms with Crippen LogP contribution in [0.15, 0.2) is 114 Å². The molecule has 0 radical (unpaired) electrons. The number of rotatable bonds is 4. The minimum absolute atomic E-state index is 0.123. The lowest BCUT2D eigenvalue weighted by atomic mass is 10.00. The summed E-state index contributed by atoms with van der Waals surface area (Å²) in [6, 6.07) is 28.9. The quantitative estimate of drug-likeness (QED) is 0.535. The van der Waals surface area contributed by atoms with Crippen LogP contribution in [0.4, 0.5) is 11.4 Å². The molecule has 0 saturated heterocycles. The summed E-state index contributed by atoms with van der Waals surface area (Å²) in [5, 5.41) is 9.90. The van der Waals surface area contributed by atoms with E-state index < -0.39 is 0 Å². The van der Waals surface area contributed by atoms with Crippen molar-refractivity contribution in [1.82, 2.24) is 0 Å². The topological polar surface area (TPSA) is 56.6 Å². The second-order valence-electron chi connectivity index (χ2n) is 7.57. The van der Waals surface area contributed by atoms with Crippen molar-refractivity contribution in [2.75, 3.05) is 16.3 Å². The van der Waals surface area contributed by atoms with Gasteiger partial charge >= 0.3 is 0 Å². The molecule has 2 aliphatic heterocycles. The molecule has 0 aromatic heterocycles. The second kappa shape index (κ2) is 8.52. The summed E-state index contributed by atoms with van der Waals surface area (Å²) in [7, 11) is 0. The third kappa shape index (κ3) is 3.48. The summed E-state index contributed by atoms with van der Waals surface area (Å²) in [5.41, 5.74) is 3.89. The van der Waals surface area contributed by atoms with E-state index >= 15 is 0 Å². The molecule has 0 fully saturated rings. The van der Waals surface area contributed by atoms with E-state index in [1.54, 1.807) is 4.90 Å². The number of allylic oxidation sites excluding steroid dienone is 3. The molecule has 1 amide bonds. The van der Waals surface area contributed by atoms with Crippen molar-refractivity contribution < 1.29 is 9.53 Å². The summed E-state index contributed by atoms with van der Waals surface area (Å²) >= 11 is 0. The van der Waals surface area contributed by atoms with E-state index in [0.717, 1.165) is 23.5 Å². The molecule has 5 heteroatoms. The van der Waals surface area contributed by atoms with Crippen LogP contribution in [-0.2, 0) is 4.79 Å². The number of ether oxygens (including phenoxy) is 1. The first-order valence-corrected chi connectivity index (χ1v) is 10.8. The van der Waals surface area contributed by atoms with Crippen LogP contribution in [0.3, 0.4) is 0 Å². The van der Waals surface area contributed by atoms with Gasteiger partial charge in [-0.1, -0.05) is 60.7 Å². The molecule has 5 nitrogen and oxygen atoms in total. The van der Waals surface area contributed by atoms with Crippen molar-refractivity contribution in [3.05, 3.63) is 120 Å². The fourth-order valence-corrected chi connectivity index (χ4v) is 4.21. The second-order valence-corrected chi connectivity index (χ2v) is 7.57. The number of para-hydroxylation sites is 3. The summed E-state index contributed by atoms with van der Waals surface area (Å²) in [4.78, 5) is 17.0. The first kappa shape index (κ1) is 20.3. The van der Waals surface area contributed by atoms with Gasteiger partial charge in [0.25, 0.3) is 5.91 Å². The van der Waals surface area contributed by atoms with Crippen molar-refractivity contribution in [2.24, 2.45) is 0 Å². The Kier molecular flexibility index (Phi) is 5.26. The number of nitriles is 1. The maximum Gasteiger partial charge on any atom is 0.274 e. The standard InChI is InChI=1S/C28H21N3O2/c1-2-30-23-15-9-10-16-25(23)33-26(30)18-17-24-27(20-11-5-3-6-12-20)22(19-29)28(32)31(24)21-13-7-4-8-14-21/h3-18H,2H2,1H3/b24-17-,26-18-. The van der Waals surface area contributed by atoms with Crippen molar-refractivity contribution in [3.8, 4) is 11.8 Å². The summed E-state index contributed by atoms with van der Waals surface area (Å²) in [6.07, 6.45) is 3.73. The average Bonchev–Trinajstić information content (AvgIpc) is 3.37. The van der Waals surface area contributed by atoms with Gasteiger partial charge in [0.05, 0.1) is 11.4 Å². The number of benzene rings is 3. The Labute approximate surface area is 192 Å². The van der Waals surface area contributed by atoms with Crippen molar-refractivity contribution in [3.63, 3.8) is 0 Å². The van der Waals surface area contributed by atoms with Gasteiger partial charge in [-0.25, -0.2) is 0 Å². The van der Waals surface area contributed by atoms with Crippen LogP contribution in [0.1, 0.15) is 12.5 Å². The maximum absolute atomic E-state index is 13.4. The monoisotopic (exact) mass is 431 g/mol. The lowest BCUT2D eigenvalue weighted by Gasteiger charge is -2.20. The number of amides is 1. The fourth-order valence-electron chi connectivity index (χ4n) is 4.21. The Hall–Kier alpha value is -4.56. The van der Waals surface area contributed by atoms with Gasteiger partial charge < -0.3 is 9.64 Å². The number of fused-ring (bicyclic) bond motifs is 1. The number of hydrogen-bond acceptors (Lipinski definition) is 4. The Morgan fingerprint density at radius 2 is 1.58 bits per heavy atom. The molecule has 3 aromatic carbocycles. The van der Waals surface area contributed by atoms with Crippen molar-refractivity contribution >= 4 is 22.9 Å². The number of carbonyl (C=O) groups is 1. The molecule has 0 atom stereocenters. The van der Waals surface area contributed by atoms with E-state index in [4.69, 9.17) is 4.74 Å². The van der Waals surface area contributed by atoms with Gasteiger partial charge in [0.2, 0.25) is 5.88 Å². The minimum Gasteiger partial charge on any atom is -0.439 e. The Bertz CT molecular complexity index is 1350. The molecule has 0 bridgehead atoms. The fraction of sp³-hybridized carbons (Fsp3) is 0.0714. The van der Waals surface area contributed by atoms with Crippen LogP contribution in [0, 0.1) is 11.3 Å². The zero-order valence-corrected chi connectivity index (χ0v) is 18.1. The van der Waals surface area contributed by atoms with E-state index in [2.05, 4.69) is 17.9 Å². The summed E-state index contributed by atoms with van der Waals surface area (Å²) < 4.78 is 6.09. The Morgan fingerprint density at radius 3 is 2.27 bits per heavy atom. The predicted octanol–water partition coefficient (Wildman–Crippen LogP) is 5.65. The van der Waals surface area contributed by atoms with E-state index in [0.29, 0.717) is 22.8 Å². The van der Waals surface area contributed by atoms with E-state index in [-0.39, 0.29) is 11.5 Å². The van der Waals surface area contributed by atoms with E-state index in [1.165, 1.54) is 0 Å². The first-order valence-electron chi connectivity index (χ1n) is 10.8. The molecule has 5 rings (SSSR count). The Morgan fingerprint density at radius 1 is 0.909 bits per heavy atom. The molecule has 0 saturated carbocycles. The zero-order chi connectivity index (χ0) is 22.8. The highest BCUT2D eigenvalue weighted by atomic mass is 16.5. The summed E-state index contributed by atoms with van der Waals surface area (Å²) in [5.74, 6) is 1.13. The van der Waals surface area contributed by atoms with Gasteiger partial charge in [0.1, 0.15) is 11.6 Å². The molecule has 0 spiro atoms. The number of anilines is 2. The maximum atomic E-state index is 13.4. The molecule has 0 aliphatic carbocycles. The Balaban J connectivity index is 1.66. The third-order valence-electron chi connectivity index (χ3n) is 5.69. The van der Waals surface area contributed by atoms with Crippen LogP contribution in [-0.4, -0.2) is 12.5 Å². The number of carbonyl (C=O) groups excluding carboxylic acids is 1. The largest absolute Gasteiger partial charge is 0.439 e. The van der Waals surface area contributed by atoms with Crippen molar-refractivity contribution in [2.45, 2.75) is 6.92 Å². The van der Waals surface area contributed by atoms with Gasteiger partial charge in [-0.15, -0.1) is 0 Å². The van der Waals surface area contributed by atoms with Crippen molar-refractivity contribution in [1.29, 1.82) is 5.26 Å². The van der Waals surface area contributed by atoms with Gasteiger partial charge in [-0.2, -0.15) is 5.26 Å². The average molecular weight is 431 g/mol. The van der Waals surface area contributed by atoms with Gasteiger partial charge in [-0.05, 0) is 42.8 Å². The minimum atomic E-state index is -0.338. The van der Waals surface area contributed by atoms with Gasteiger partial charge in [0, 0.05) is 23.9 Å². The SMILES string of the molecule is CCN1/C(=C/C=C2/C(c3ccccc3)=C(C#N)C(=O)N2c2ccccc2)Oc2ccccc21. The number of nitrogens with zero attached hydrogens (tertiary/aromatic N) is 3. The van der Waals surface area contributed by atoms with Gasteiger partial charge in [0.15, 0.2) is 5.75 Å². The molecule has 2 heterocycles. The lowest BCUT2D eigenvalue weighted by molar-refractivity contribution is -0.113. The zero-order valence-electron chi connectivity index (χ0n) is 18.1. The van der Waals surface area contributed by atoms with Crippen LogP contribution in [0.2, 0.25) is 0 Å². The lowest BCUT2D eigenvalue weighted by Crippen LogP contribution is -2.25. The molecule has 3 aromatic rings. The highest BCUT2D eigenvalue weighted by Gasteiger charge is 2.37. The molecule has 0 unspecified atom stereocenters. The number of hydrogen-bond donors (Lipinski definition) is 0. The third-order valence-corrected chi connectivity index (χ3v) is 5.69. The molecule has 33 heavy (non-hydrogen) atoms. The summed E-state index contributed by atoms with van der Waals surface area (Å²) in [6.45, 7) is 2.79. The highest BCUT2D eigenvalue weighted by Crippen LogP contribution is 2.41. The molecule has 160 valence electrons. The highest BCUT2D eigenvalue weighted by molar-refractivity contribution is 6.24. The van der Waals surface area contributed by atoms with Crippen LogP contribution >= 0.6 is 0 Å². The van der Waals surface area contributed by atoms with E-state index in [9.17, 15) is 10.1 Å². The smallest absolute Gasteiger partial charge is 0.274 e. The van der Waals surface area contributed by atoms with Crippen LogP contribution in [0.25, 0.3) is 5.57 Å². The van der Waals surface area contributed by atoms with E-state index in [1.807, 2.05) is 97.1 Å². The van der Waals surface area contributed by atoms with Crippen LogP contribution < -0.4 is 14.5 Å². The molecular weight excluding hydrogens is 410 g/mol. The first-order chi connectivity index (χ1) is 16.2. The predicted molar refractivity (Wildman–Crippen MR) is 129 cm³/mol. The van der Waals surface area contributed by atoms with Gasteiger partial charge in [-0.3, -0.25) is 9.69 Å². The van der Waals surface area contributed by atoms with Crippen LogP contribution in [0.5, 0.6) is 5.75 Å². The molecule has 0 N–H and O–H groups in total. The molecule has 2 aliphatic rings. The molecular formula is C28H21N3O2. The normalized spacial score (nSPS) is 17.5.